The van der Waals surface area contributed by atoms with Crippen molar-refractivity contribution in [2.75, 3.05) is 4.90 Å². The van der Waals surface area contributed by atoms with Gasteiger partial charge in [-0.2, -0.15) is 0 Å². The third kappa shape index (κ3) is 5.11. The number of amides is 2. The Balaban J connectivity index is 1.57. The molecule has 3 aromatic heterocycles. The van der Waals surface area contributed by atoms with Gasteiger partial charge in [-0.25, -0.2) is 4.68 Å². The van der Waals surface area contributed by atoms with Crippen LogP contribution in [0.5, 0.6) is 0 Å². The second-order valence-corrected chi connectivity index (χ2v) is 8.78. The Morgan fingerprint density at radius 2 is 1.92 bits per heavy atom. The first-order valence-corrected chi connectivity index (χ1v) is 11.9. The molecular formula is C28H26N6O3. The van der Waals surface area contributed by atoms with E-state index in [4.69, 9.17) is 4.42 Å². The van der Waals surface area contributed by atoms with E-state index in [1.165, 1.54) is 4.90 Å². The molecule has 9 heteroatoms. The predicted molar refractivity (Wildman–Crippen MR) is 138 cm³/mol. The molecule has 0 spiro atoms. The van der Waals surface area contributed by atoms with Gasteiger partial charge in [0, 0.05) is 23.6 Å². The number of fused-ring (bicyclic) bond motifs is 1. The molecule has 0 aliphatic carbocycles. The highest BCUT2D eigenvalue weighted by Crippen LogP contribution is 2.31. The van der Waals surface area contributed by atoms with Crippen molar-refractivity contribution in [3.8, 4) is 0 Å². The maximum Gasteiger partial charge on any atom is 0.249 e. The van der Waals surface area contributed by atoms with Crippen LogP contribution in [0.1, 0.15) is 28.5 Å². The fourth-order valence-corrected chi connectivity index (χ4v) is 4.37. The van der Waals surface area contributed by atoms with E-state index in [0.717, 1.165) is 16.6 Å². The molecule has 0 unspecified atom stereocenters. The summed E-state index contributed by atoms with van der Waals surface area (Å²) in [5, 5.41) is 11.3. The van der Waals surface area contributed by atoms with Crippen LogP contribution in [0.25, 0.3) is 11.0 Å². The topological polar surface area (TPSA) is 106 Å². The molecule has 1 N–H and O–H groups in total. The minimum atomic E-state index is -0.979. The summed E-state index contributed by atoms with van der Waals surface area (Å²) in [6.45, 7) is 4.00. The van der Waals surface area contributed by atoms with Crippen molar-refractivity contribution in [2.24, 2.45) is 0 Å². The molecule has 0 saturated heterocycles. The highest BCUT2D eigenvalue weighted by Gasteiger charge is 2.34. The van der Waals surface area contributed by atoms with E-state index < -0.39 is 6.04 Å². The lowest BCUT2D eigenvalue weighted by Gasteiger charge is -2.32. The van der Waals surface area contributed by atoms with Crippen LogP contribution in [-0.4, -0.2) is 31.8 Å². The summed E-state index contributed by atoms with van der Waals surface area (Å²) in [5.74, 6) is -0.0671. The van der Waals surface area contributed by atoms with Gasteiger partial charge in [0.2, 0.25) is 11.8 Å². The second-order valence-electron chi connectivity index (χ2n) is 8.78. The van der Waals surface area contributed by atoms with Crippen LogP contribution in [0, 0.1) is 13.8 Å². The Labute approximate surface area is 213 Å². The molecule has 5 rings (SSSR count). The van der Waals surface area contributed by atoms with E-state index in [1.807, 2.05) is 56.3 Å². The molecule has 9 nitrogen and oxygen atoms in total. The zero-order valence-electron chi connectivity index (χ0n) is 20.5. The monoisotopic (exact) mass is 494 g/mol. The van der Waals surface area contributed by atoms with E-state index in [1.54, 1.807) is 47.6 Å². The maximum absolute atomic E-state index is 14.1. The van der Waals surface area contributed by atoms with Crippen molar-refractivity contribution in [1.82, 2.24) is 25.3 Å². The van der Waals surface area contributed by atoms with E-state index in [9.17, 15) is 9.59 Å². The summed E-state index contributed by atoms with van der Waals surface area (Å²) in [5.41, 5.74) is 4.55. The van der Waals surface area contributed by atoms with Crippen molar-refractivity contribution in [1.29, 1.82) is 0 Å². The van der Waals surface area contributed by atoms with Gasteiger partial charge in [0.05, 0.1) is 18.3 Å². The number of pyridine rings is 1. The van der Waals surface area contributed by atoms with Gasteiger partial charge in [0.15, 0.2) is 0 Å². The zero-order valence-corrected chi connectivity index (χ0v) is 20.5. The predicted octanol–water partition coefficient (Wildman–Crippen LogP) is 4.13. The first-order valence-electron chi connectivity index (χ1n) is 11.9. The smallest absolute Gasteiger partial charge is 0.249 e. The van der Waals surface area contributed by atoms with Gasteiger partial charge >= 0.3 is 0 Å². The number of hydrogen-bond donors (Lipinski definition) is 1. The maximum atomic E-state index is 14.1. The Bertz CT molecular complexity index is 1530. The number of rotatable bonds is 8. The van der Waals surface area contributed by atoms with Crippen LogP contribution < -0.4 is 10.2 Å². The molecule has 0 bridgehead atoms. The number of benzene rings is 2. The molecule has 3 heterocycles. The molecule has 1 atom stereocenters. The molecule has 186 valence electrons. The zero-order chi connectivity index (χ0) is 25.8. The average molecular weight is 495 g/mol. The lowest BCUT2D eigenvalue weighted by molar-refractivity contribution is -0.127. The van der Waals surface area contributed by atoms with Crippen molar-refractivity contribution in [3.05, 3.63) is 108 Å². The first-order chi connectivity index (χ1) is 18.0. The first kappa shape index (κ1) is 23.9. The van der Waals surface area contributed by atoms with Crippen molar-refractivity contribution < 1.29 is 14.0 Å². The number of furan rings is 1. The summed E-state index contributed by atoms with van der Waals surface area (Å²) in [4.78, 5) is 33.6. The summed E-state index contributed by atoms with van der Waals surface area (Å²) in [6.07, 6.45) is 4.78. The average Bonchev–Trinajstić information content (AvgIpc) is 3.57. The number of anilines is 1. The number of carbonyl (C=O) groups is 2. The Morgan fingerprint density at radius 3 is 2.68 bits per heavy atom. The number of hydrogen-bond acceptors (Lipinski definition) is 6. The van der Waals surface area contributed by atoms with E-state index in [-0.39, 0.29) is 24.9 Å². The third-order valence-electron chi connectivity index (χ3n) is 6.11. The summed E-state index contributed by atoms with van der Waals surface area (Å²) < 4.78 is 6.93. The largest absolute Gasteiger partial charge is 0.467 e. The SMILES string of the molecule is Cc1ccc(N(C(=O)Cn2nnc3ccccc32)[C@@H](C(=O)NCc2ccco2)c2cccnc2)c(C)c1. The Kier molecular flexibility index (Phi) is 6.76. The number of carbonyl (C=O) groups excluding carboxylic acids is 2. The fraction of sp³-hybridized carbons (Fsp3) is 0.179. The second kappa shape index (κ2) is 10.4. The normalized spacial score (nSPS) is 11.8. The van der Waals surface area contributed by atoms with Crippen molar-refractivity contribution in [3.63, 3.8) is 0 Å². The number of nitrogens with one attached hydrogen (secondary N) is 1. The molecule has 2 aromatic carbocycles. The van der Waals surface area contributed by atoms with E-state index in [2.05, 4.69) is 20.6 Å². The Hall–Kier alpha value is -4.79. The molecular weight excluding hydrogens is 468 g/mol. The Morgan fingerprint density at radius 1 is 1.05 bits per heavy atom. The highest BCUT2D eigenvalue weighted by atomic mass is 16.3. The molecule has 0 aliphatic rings. The van der Waals surface area contributed by atoms with Gasteiger partial charge in [-0.05, 0) is 55.8 Å². The van der Waals surface area contributed by atoms with E-state index >= 15 is 0 Å². The molecule has 0 saturated carbocycles. The van der Waals surface area contributed by atoms with Gasteiger partial charge in [-0.15, -0.1) is 5.10 Å². The molecule has 0 fully saturated rings. The summed E-state index contributed by atoms with van der Waals surface area (Å²) in [7, 11) is 0. The van der Waals surface area contributed by atoms with E-state index in [0.29, 0.717) is 22.5 Å². The molecule has 5 aromatic rings. The third-order valence-corrected chi connectivity index (χ3v) is 6.11. The number of nitrogens with zero attached hydrogens (tertiary/aromatic N) is 5. The van der Waals surface area contributed by atoms with Gasteiger partial charge < -0.3 is 9.73 Å². The highest BCUT2D eigenvalue weighted by molar-refractivity contribution is 6.02. The van der Waals surface area contributed by atoms with Crippen molar-refractivity contribution in [2.45, 2.75) is 33.0 Å². The van der Waals surface area contributed by atoms with Gasteiger partial charge in [0.1, 0.15) is 23.9 Å². The summed E-state index contributed by atoms with van der Waals surface area (Å²) >= 11 is 0. The molecule has 0 radical (unpaired) electrons. The minimum absolute atomic E-state index is 0.101. The van der Waals surface area contributed by atoms with Crippen LogP contribution in [0.15, 0.2) is 89.8 Å². The molecule has 2 amide bonds. The number of aromatic nitrogens is 4. The summed E-state index contributed by atoms with van der Waals surface area (Å²) in [6, 6.07) is 19.3. The number of aryl methyl sites for hydroxylation is 2. The van der Waals surface area contributed by atoms with Gasteiger partial charge in [-0.3, -0.25) is 19.5 Å². The fourth-order valence-electron chi connectivity index (χ4n) is 4.37. The van der Waals surface area contributed by atoms with Crippen molar-refractivity contribution >= 4 is 28.5 Å². The van der Waals surface area contributed by atoms with Gasteiger partial charge in [0.25, 0.3) is 0 Å². The molecule has 0 aliphatic heterocycles. The van der Waals surface area contributed by atoms with Crippen LogP contribution in [0.2, 0.25) is 0 Å². The van der Waals surface area contributed by atoms with Crippen LogP contribution >= 0.6 is 0 Å². The number of para-hydroxylation sites is 1. The molecule has 37 heavy (non-hydrogen) atoms. The lowest BCUT2D eigenvalue weighted by atomic mass is 10.0. The lowest BCUT2D eigenvalue weighted by Crippen LogP contribution is -2.45. The van der Waals surface area contributed by atoms with Crippen LogP contribution in [-0.2, 0) is 22.7 Å². The minimum Gasteiger partial charge on any atom is -0.467 e. The van der Waals surface area contributed by atoms with Crippen LogP contribution in [0.3, 0.4) is 0 Å². The quantitative estimate of drug-likeness (QED) is 0.348. The van der Waals surface area contributed by atoms with Gasteiger partial charge in [-0.1, -0.05) is 41.1 Å². The standard InChI is InChI=1S/C28H26N6O3/c1-19-11-12-24(20(2)15-19)34(26(35)18-33-25-10-4-3-9-23(25)31-32-33)27(21-7-5-13-29-16-21)28(36)30-17-22-8-6-14-37-22/h3-16,27H,17-18H2,1-2H3,(H,30,36)/t27-/m1/s1. The van der Waals surface area contributed by atoms with Crippen LogP contribution in [0.4, 0.5) is 5.69 Å².